The van der Waals surface area contributed by atoms with Crippen molar-refractivity contribution >= 4 is 17.2 Å². The van der Waals surface area contributed by atoms with Crippen LogP contribution in [0, 0.1) is 0 Å². The van der Waals surface area contributed by atoms with E-state index in [0.717, 1.165) is 31.6 Å². The van der Waals surface area contributed by atoms with E-state index in [1.165, 1.54) is 5.56 Å². The molecule has 2 N–H and O–H groups in total. The van der Waals surface area contributed by atoms with Crippen LogP contribution in [-0.4, -0.2) is 11.6 Å². The summed E-state index contributed by atoms with van der Waals surface area (Å²) in [6, 6.07) is 8.23. The number of hydrogen-bond acceptors (Lipinski definition) is 2. The maximum absolute atomic E-state index is 5.86. The van der Waals surface area contributed by atoms with Gasteiger partial charge in [0.15, 0.2) is 0 Å². The number of thiocarbonyl (C=S) groups is 1. The molecule has 0 amide bonds. The molecule has 0 heterocycles. The van der Waals surface area contributed by atoms with Gasteiger partial charge in [0.05, 0.1) is 11.6 Å². The average molecular weight is 265 g/mol. The molecule has 0 unspecified atom stereocenters. The minimum absolute atomic E-state index is 0.107. The van der Waals surface area contributed by atoms with Crippen molar-refractivity contribution in [3.8, 4) is 5.75 Å². The van der Waals surface area contributed by atoms with Gasteiger partial charge in [-0.3, -0.25) is 0 Å². The number of benzene rings is 1. The third-order valence-corrected chi connectivity index (χ3v) is 2.97. The van der Waals surface area contributed by atoms with Crippen LogP contribution >= 0.6 is 12.2 Å². The van der Waals surface area contributed by atoms with Crippen molar-refractivity contribution in [2.24, 2.45) is 5.73 Å². The van der Waals surface area contributed by atoms with Gasteiger partial charge in [-0.2, -0.15) is 0 Å². The fourth-order valence-electron chi connectivity index (χ4n) is 1.80. The molecule has 0 aromatic heterocycles. The van der Waals surface area contributed by atoms with Gasteiger partial charge in [-0.15, -0.1) is 0 Å². The number of hydrogen-bond donors (Lipinski definition) is 1. The monoisotopic (exact) mass is 265 g/mol. The predicted octanol–water partition coefficient (Wildman–Crippen LogP) is 3.82. The highest BCUT2D eigenvalue weighted by molar-refractivity contribution is 7.80. The zero-order valence-electron chi connectivity index (χ0n) is 11.5. The first kappa shape index (κ1) is 15.0. The highest BCUT2D eigenvalue weighted by Gasteiger charge is 2.17. The predicted molar refractivity (Wildman–Crippen MR) is 81.3 cm³/mol. The van der Waals surface area contributed by atoms with Crippen LogP contribution in [0.2, 0.25) is 0 Å². The molecule has 2 nitrogen and oxygen atoms in total. The molecule has 0 fully saturated rings. The molecule has 0 aliphatic carbocycles. The first-order chi connectivity index (χ1) is 8.41. The molecule has 1 rings (SSSR count). The highest BCUT2D eigenvalue weighted by Crippen LogP contribution is 2.30. The lowest BCUT2D eigenvalue weighted by molar-refractivity contribution is 0.300. The Balaban J connectivity index is 2.50. The summed E-state index contributed by atoms with van der Waals surface area (Å²) in [6.07, 6.45) is 2.78. The standard InChI is InChI=1S/C15H23NOS/c1-15(2,3)12-8-4-5-9-13(12)17-11-7-6-10-14(16)18/h4-5,8-9H,6-7,10-11H2,1-3H3,(H2,16,18). The van der Waals surface area contributed by atoms with Crippen LogP contribution in [-0.2, 0) is 5.41 Å². The Morgan fingerprint density at radius 1 is 1.22 bits per heavy atom. The zero-order chi connectivity index (χ0) is 13.6. The largest absolute Gasteiger partial charge is 0.493 e. The fourth-order valence-corrected chi connectivity index (χ4v) is 1.94. The Morgan fingerprint density at radius 2 is 1.89 bits per heavy atom. The van der Waals surface area contributed by atoms with Crippen molar-refractivity contribution in [2.75, 3.05) is 6.61 Å². The van der Waals surface area contributed by atoms with Crippen molar-refractivity contribution in [2.45, 2.75) is 45.4 Å². The quantitative estimate of drug-likeness (QED) is 0.627. The molecule has 0 bridgehead atoms. The van der Waals surface area contributed by atoms with Crippen molar-refractivity contribution < 1.29 is 4.74 Å². The van der Waals surface area contributed by atoms with Gasteiger partial charge >= 0.3 is 0 Å². The zero-order valence-corrected chi connectivity index (χ0v) is 12.3. The van der Waals surface area contributed by atoms with E-state index in [1.807, 2.05) is 12.1 Å². The lowest BCUT2D eigenvalue weighted by Gasteiger charge is -2.22. The van der Waals surface area contributed by atoms with Crippen LogP contribution in [0.4, 0.5) is 0 Å². The SMILES string of the molecule is CC(C)(C)c1ccccc1OCCCCC(N)=S. The lowest BCUT2D eigenvalue weighted by Crippen LogP contribution is -2.14. The summed E-state index contributed by atoms with van der Waals surface area (Å²) < 4.78 is 5.86. The second-order valence-electron chi connectivity index (χ2n) is 5.52. The van der Waals surface area contributed by atoms with Gasteiger partial charge in [-0.1, -0.05) is 51.2 Å². The lowest BCUT2D eigenvalue weighted by atomic mass is 9.86. The van der Waals surface area contributed by atoms with Crippen molar-refractivity contribution in [3.63, 3.8) is 0 Å². The van der Waals surface area contributed by atoms with E-state index < -0.39 is 0 Å². The molecule has 100 valence electrons. The van der Waals surface area contributed by atoms with Gasteiger partial charge in [0.25, 0.3) is 0 Å². The summed E-state index contributed by atoms with van der Waals surface area (Å²) in [7, 11) is 0. The van der Waals surface area contributed by atoms with Crippen LogP contribution in [0.3, 0.4) is 0 Å². The van der Waals surface area contributed by atoms with Gasteiger partial charge in [-0.25, -0.2) is 0 Å². The molecular weight excluding hydrogens is 242 g/mol. The summed E-state index contributed by atoms with van der Waals surface area (Å²) >= 11 is 4.85. The number of unbranched alkanes of at least 4 members (excludes halogenated alkanes) is 1. The van der Waals surface area contributed by atoms with Crippen LogP contribution in [0.15, 0.2) is 24.3 Å². The molecule has 0 aliphatic rings. The van der Waals surface area contributed by atoms with Gasteiger partial charge in [0.2, 0.25) is 0 Å². The van der Waals surface area contributed by atoms with E-state index in [2.05, 4.69) is 32.9 Å². The molecule has 3 heteroatoms. The van der Waals surface area contributed by atoms with Gasteiger partial charge in [0, 0.05) is 0 Å². The molecule has 0 saturated heterocycles. The molecular formula is C15H23NOS. The molecule has 18 heavy (non-hydrogen) atoms. The summed E-state index contributed by atoms with van der Waals surface area (Å²) in [4.78, 5) is 0.588. The molecule has 0 spiro atoms. The van der Waals surface area contributed by atoms with Gasteiger partial charge in [0.1, 0.15) is 5.75 Å². The third kappa shape index (κ3) is 5.05. The minimum atomic E-state index is 0.107. The highest BCUT2D eigenvalue weighted by atomic mass is 32.1. The molecule has 1 aromatic carbocycles. The van der Waals surface area contributed by atoms with E-state index in [1.54, 1.807) is 0 Å². The van der Waals surface area contributed by atoms with Crippen LogP contribution < -0.4 is 10.5 Å². The number of nitrogens with two attached hydrogens (primary N) is 1. The molecule has 0 atom stereocenters. The first-order valence-corrected chi connectivity index (χ1v) is 6.82. The Labute approximate surface area is 116 Å². The summed E-state index contributed by atoms with van der Waals surface area (Å²) in [5, 5.41) is 0. The van der Waals surface area contributed by atoms with E-state index in [-0.39, 0.29) is 5.41 Å². The van der Waals surface area contributed by atoms with Crippen molar-refractivity contribution in [1.29, 1.82) is 0 Å². The second kappa shape index (κ2) is 6.74. The fraction of sp³-hybridized carbons (Fsp3) is 0.533. The maximum atomic E-state index is 5.86. The van der Waals surface area contributed by atoms with Crippen molar-refractivity contribution in [1.82, 2.24) is 0 Å². The Bertz CT molecular complexity index is 396. The number of rotatable bonds is 6. The van der Waals surface area contributed by atoms with E-state index in [0.29, 0.717) is 4.99 Å². The smallest absolute Gasteiger partial charge is 0.123 e. The minimum Gasteiger partial charge on any atom is -0.493 e. The Hall–Kier alpha value is -1.09. The average Bonchev–Trinajstić information content (AvgIpc) is 2.27. The summed E-state index contributed by atoms with van der Waals surface area (Å²) in [5.41, 5.74) is 6.81. The molecule has 0 saturated carbocycles. The normalized spacial score (nSPS) is 11.3. The van der Waals surface area contributed by atoms with E-state index in [4.69, 9.17) is 22.7 Å². The second-order valence-corrected chi connectivity index (χ2v) is 6.04. The van der Waals surface area contributed by atoms with Crippen LogP contribution in [0.5, 0.6) is 5.75 Å². The number of ether oxygens (including phenoxy) is 1. The first-order valence-electron chi connectivity index (χ1n) is 6.42. The van der Waals surface area contributed by atoms with Crippen LogP contribution in [0.25, 0.3) is 0 Å². The molecule has 0 aliphatic heterocycles. The van der Waals surface area contributed by atoms with E-state index >= 15 is 0 Å². The number of para-hydroxylation sites is 1. The van der Waals surface area contributed by atoms with Crippen molar-refractivity contribution in [3.05, 3.63) is 29.8 Å². The molecule has 1 aromatic rings. The summed E-state index contributed by atoms with van der Waals surface area (Å²) in [6.45, 7) is 7.31. The van der Waals surface area contributed by atoms with Gasteiger partial charge < -0.3 is 10.5 Å². The Morgan fingerprint density at radius 3 is 2.50 bits per heavy atom. The topological polar surface area (TPSA) is 35.2 Å². The maximum Gasteiger partial charge on any atom is 0.123 e. The third-order valence-electron chi connectivity index (χ3n) is 2.77. The molecule has 0 radical (unpaired) electrons. The van der Waals surface area contributed by atoms with E-state index in [9.17, 15) is 0 Å². The Kier molecular flexibility index (Phi) is 5.60. The van der Waals surface area contributed by atoms with Crippen LogP contribution in [0.1, 0.15) is 45.6 Å². The van der Waals surface area contributed by atoms with Gasteiger partial charge in [-0.05, 0) is 36.3 Å². The summed E-state index contributed by atoms with van der Waals surface area (Å²) in [5.74, 6) is 0.986.